The molecule has 0 saturated carbocycles. The van der Waals surface area contributed by atoms with Crippen molar-refractivity contribution in [2.45, 2.75) is 25.4 Å². The standard InChI is InChI=1S/C22H23N5O2/c23-16-5-7-27(8-6-16)12-13-1-4-18-15(9-13)11-20(24-18)21-17-3-2-14(22(28)29)10-19(17)25-26-21/h1-4,9-11,16,24H,5-8,12,23H2,(H,25,26)(H,28,29). The number of nitrogens with one attached hydrogen (secondary N) is 2. The molecule has 0 unspecified atom stereocenters. The van der Waals surface area contributed by atoms with Crippen molar-refractivity contribution in [3.63, 3.8) is 0 Å². The molecule has 0 spiro atoms. The van der Waals surface area contributed by atoms with Gasteiger partial charge < -0.3 is 15.8 Å². The van der Waals surface area contributed by atoms with Crippen LogP contribution in [-0.2, 0) is 6.54 Å². The third kappa shape index (κ3) is 3.39. The predicted octanol–water partition coefficient (Wildman–Crippen LogP) is 3.33. The third-order valence-electron chi connectivity index (χ3n) is 5.79. The number of hydrogen-bond acceptors (Lipinski definition) is 4. The zero-order valence-electron chi connectivity index (χ0n) is 16.0. The number of aromatic nitrogens is 3. The second-order valence-corrected chi connectivity index (χ2v) is 7.86. The van der Waals surface area contributed by atoms with Crippen molar-refractivity contribution in [1.29, 1.82) is 0 Å². The fourth-order valence-corrected chi connectivity index (χ4v) is 4.14. The van der Waals surface area contributed by atoms with Gasteiger partial charge in [-0.05, 0) is 67.9 Å². The molecule has 7 heteroatoms. The van der Waals surface area contributed by atoms with E-state index in [0.717, 1.165) is 60.2 Å². The molecule has 4 aromatic rings. The van der Waals surface area contributed by atoms with Gasteiger partial charge in [-0.2, -0.15) is 5.10 Å². The van der Waals surface area contributed by atoms with Gasteiger partial charge in [-0.15, -0.1) is 0 Å². The van der Waals surface area contributed by atoms with Crippen molar-refractivity contribution in [3.05, 3.63) is 53.6 Å². The highest BCUT2D eigenvalue weighted by atomic mass is 16.4. The highest BCUT2D eigenvalue weighted by Crippen LogP contribution is 2.30. The lowest BCUT2D eigenvalue weighted by molar-refractivity contribution is 0.0697. The SMILES string of the molecule is NC1CCN(Cc2ccc3[nH]c(-c4n[nH]c5cc(C(=O)O)ccc45)cc3c2)CC1. The molecule has 2 aromatic carbocycles. The number of benzene rings is 2. The van der Waals surface area contributed by atoms with E-state index in [2.05, 4.69) is 44.3 Å². The Kier molecular flexibility index (Phi) is 4.34. The maximum absolute atomic E-state index is 11.2. The molecule has 29 heavy (non-hydrogen) atoms. The van der Waals surface area contributed by atoms with Gasteiger partial charge in [0.25, 0.3) is 0 Å². The Morgan fingerprint density at radius 2 is 1.97 bits per heavy atom. The largest absolute Gasteiger partial charge is 0.478 e. The minimum absolute atomic E-state index is 0.243. The molecule has 0 amide bonds. The third-order valence-corrected chi connectivity index (χ3v) is 5.79. The number of aromatic amines is 2. The smallest absolute Gasteiger partial charge is 0.335 e. The maximum Gasteiger partial charge on any atom is 0.335 e. The number of nitrogens with zero attached hydrogens (tertiary/aromatic N) is 2. The first kappa shape index (κ1) is 17.9. The van der Waals surface area contributed by atoms with Gasteiger partial charge in [-0.25, -0.2) is 4.79 Å². The van der Waals surface area contributed by atoms with Gasteiger partial charge in [0.2, 0.25) is 0 Å². The first-order chi connectivity index (χ1) is 14.1. The molecule has 148 valence electrons. The lowest BCUT2D eigenvalue weighted by Crippen LogP contribution is -2.39. The Morgan fingerprint density at radius 1 is 1.14 bits per heavy atom. The Bertz CT molecular complexity index is 1200. The van der Waals surface area contributed by atoms with Gasteiger partial charge in [0, 0.05) is 28.9 Å². The minimum atomic E-state index is -0.947. The van der Waals surface area contributed by atoms with Gasteiger partial charge in [0.15, 0.2) is 0 Å². The van der Waals surface area contributed by atoms with Crippen LogP contribution in [-0.4, -0.2) is 50.3 Å². The monoisotopic (exact) mass is 389 g/mol. The maximum atomic E-state index is 11.2. The van der Waals surface area contributed by atoms with E-state index in [9.17, 15) is 4.79 Å². The molecule has 5 N–H and O–H groups in total. The van der Waals surface area contributed by atoms with E-state index < -0.39 is 5.97 Å². The van der Waals surface area contributed by atoms with Crippen molar-refractivity contribution >= 4 is 27.8 Å². The number of carboxylic acid groups (broad SMARTS) is 1. The van der Waals surface area contributed by atoms with Crippen molar-refractivity contribution in [2.24, 2.45) is 5.73 Å². The van der Waals surface area contributed by atoms with Gasteiger partial charge in [0.1, 0.15) is 5.69 Å². The summed E-state index contributed by atoms with van der Waals surface area (Å²) < 4.78 is 0. The van der Waals surface area contributed by atoms with Crippen LogP contribution in [0.3, 0.4) is 0 Å². The molecule has 1 saturated heterocycles. The summed E-state index contributed by atoms with van der Waals surface area (Å²) in [6, 6.07) is 14.0. The lowest BCUT2D eigenvalue weighted by atomic mass is 10.0. The molecule has 0 radical (unpaired) electrons. The Labute approximate surface area is 167 Å². The number of rotatable bonds is 4. The van der Waals surface area contributed by atoms with E-state index in [1.165, 1.54) is 5.56 Å². The molecule has 3 heterocycles. The molecule has 0 aliphatic carbocycles. The number of carbonyl (C=O) groups is 1. The number of fused-ring (bicyclic) bond motifs is 2. The Balaban J connectivity index is 1.44. The normalized spacial score (nSPS) is 16.0. The van der Waals surface area contributed by atoms with E-state index in [4.69, 9.17) is 10.8 Å². The molecule has 2 aromatic heterocycles. The van der Waals surface area contributed by atoms with E-state index in [1.54, 1.807) is 18.2 Å². The van der Waals surface area contributed by atoms with Crippen LogP contribution in [0, 0.1) is 0 Å². The van der Waals surface area contributed by atoms with Crippen LogP contribution in [0.1, 0.15) is 28.8 Å². The molecule has 1 aliphatic heterocycles. The zero-order chi connectivity index (χ0) is 20.0. The molecule has 1 aliphatic rings. The van der Waals surface area contributed by atoms with Crippen LogP contribution in [0.15, 0.2) is 42.5 Å². The zero-order valence-corrected chi connectivity index (χ0v) is 16.0. The van der Waals surface area contributed by atoms with Crippen molar-refractivity contribution in [1.82, 2.24) is 20.1 Å². The number of hydrogen-bond donors (Lipinski definition) is 4. The number of nitrogens with two attached hydrogens (primary N) is 1. The summed E-state index contributed by atoms with van der Waals surface area (Å²) >= 11 is 0. The second-order valence-electron chi connectivity index (χ2n) is 7.86. The van der Waals surface area contributed by atoms with Gasteiger partial charge >= 0.3 is 5.97 Å². The van der Waals surface area contributed by atoms with Crippen molar-refractivity contribution in [2.75, 3.05) is 13.1 Å². The molecular weight excluding hydrogens is 366 g/mol. The number of aromatic carboxylic acids is 1. The predicted molar refractivity (Wildman–Crippen MR) is 113 cm³/mol. The summed E-state index contributed by atoms with van der Waals surface area (Å²) in [7, 11) is 0. The number of H-pyrrole nitrogens is 2. The van der Waals surface area contributed by atoms with E-state index in [0.29, 0.717) is 11.6 Å². The molecule has 5 rings (SSSR count). The quantitative estimate of drug-likeness (QED) is 0.428. The molecule has 1 fully saturated rings. The highest BCUT2D eigenvalue weighted by molar-refractivity contribution is 5.99. The summed E-state index contributed by atoms with van der Waals surface area (Å²) in [6.45, 7) is 3.04. The average molecular weight is 389 g/mol. The Hall–Kier alpha value is -3.16. The number of carboxylic acids is 1. The first-order valence-corrected chi connectivity index (χ1v) is 9.88. The average Bonchev–Trinajstić information content (AvgIpc) is 3.32. The number of likely N-dealkylation sites (tertiary alicyclic amines) is 1. The fourth-order valence-electron chi connectivity index (χ4n) is 4.14. The minimum Gasteiger partial charge on any atom is -0.478 e. The van der Waals surface area contributed by atoms with E-state index in [-0.39, 0.29) is 5.56 Å². The van der Waals surface area contributed by atoms with E-state index in [1.807, 2.05) is 0 Å². The topological polar surface area (TPSA) is 111 Å². The number of piperidine rings is 1. The summed E-state index contributed by atoms with van der Waals surface area (Å²) in [5.41, 5.74) is 11.0. The fraction of sp³-hybridized carbons (Fsp3) is 0.273. The summed E-state index contributed by atoms with van der Waals surface area (Å²) in [4.78, 5) is 17.1. The summed E-state index contributed by atoms with van der Waals surface area (Å²) in [5, 5.41) is 18.6. The van der Waals surface area contributed by atoms with Gasteiger partial charge in [0.05, 0.1) is 16.8 Å². The van der Waals surface area contributed by atoms with Crippen LogP contribution >= 0.6 is 0 Å². The van der Waals surface area contributed by atoms with Crippen LogP contribution in [0.2, 0.25) is 0 Å². The van der Waals surface area contributed by atoms with Crippen LogP contribution in [0.25, 0.3) is 33.2 Å². The molecule has 7 nitrogen and oxygen atoms in total. The van der Waals surface area contributed by atoms with Crippen molar-refractivity contribution in [3.8, 4) is 11.4 Å². The molecule has 0 atom stereocenters. The van der Waals surface area contributed by atoms with Crippen LogP contribution in [0.4, 0.5) is 0 Å². The molecule has 0 bridgehead atoms. The van der Waals surface area contributed by atoms with Gasteiger partial charge in [-0.3, -0.25) is 10.00 Å². The van der Waals surface area contributed by atoms with Crippen LogP contribution < -0.4 is 5.73 Å². The Morgan fingerprint density at radius 3 is 2.76 bits per heavy atom. The second kappa shape index (κ2) is 7.02. The van der Waals surface area contributed by atoms with Gasteiger partial charge in [-0.1, -0.05) is 6.07 Å². The highest BCUT2D eigenvalue weighted by Gasteiger charge is 2.17. The summed E-state index contributed by atoms with van der Waals surface area (Å²) in [5.74, 6) is -0.947. The van der Waals surface area contributed by atoms with E-state index >= 15 is 0 Å². The van der Waals surface area contributed by atoms with Crippen LogP contribution in [0.5, 0.6) is 0 Å². The lowest BCUT2D eigenvalue weighted by Gasteiger charge is -2.30. The first-order valence-electron chi connectivity index (χ1n) is 9.88. The summed E-state index contributed by atoms with van der Waals surface area (Å²) in [6.07, 6.45) is 2.12. The van der Waals surface area contributed by atoms with Crippen molar-refractivity contribution < 1.29 is 9.90 Å². The molecular formula is C22H23N5O2.